The van der Waals surface area contributed by atoms with Crippen molar-refractivity contribution in [1.82, 2.24) is 0 Å². The molecule has 0 atom stereocenters. The number of hydrogen-bond donors (Lipinski definition) is 0. The van der Waals surface area contributed by atoms with E-state index >= 15 is 4.57 Å². The molecule has 2 aliphatic heterocycles. The smallest absolute Gasteiger partial charge is 0.171 e. The van der Waals surface area contributed by atoms with Crippen molar-refractivity contribution in [3.63, 3.8) is 0 Å². The van der Waals surface area contributed by atoms with Crippen LogP contribution < -0.4 is 35.2 Å². The molecule has 6 heteroatoms. The first kappa shape index (κ1) is 24.6. The number of para-hydroxylation sites is 2. The predicted octanol–water partition coefficient (Wildman–Crippen LogP) is 6.04. The van der Waals surface area contributed by atoms with Gasteiger partial charge in [-0.1, -0.05) is 66.7 Å². The van der Waals surface area contributed by atoms with Crippen LogP contribution in [0.15, 0.2) is 127 Å². The molecule has 0 amide bonds. The van der Waals surface area contributed by atoms with E-state index in [2.05, 4.69) is 46.2 Å². The molecule has 0 spiro atoms. The highest BCUT2D eigenvalue weighted by molar-refractivity contribution is 7.85. The van der Waals surface area contributed by atoms with Crippen molar-refractivity contribution in [2.75, 3.05) is 23.3 Å². The number of hydrogen-bond acceptors (Lipinski definition) is 5. The van der Waals surface area contributed by atoms with Crippen molar-refractivity contribution in [1.29, 1.82) is 0 Å². The molecule has 198 valence electrons. The van der Waals surface area contributed by atoms with E-state index in [4.69, 9.17) is 9.47 Å². The third-order valence-corrected chi connectivity index (χ3v) is 10.7. The maximum absolute atomic E-state index is 15.4. The Morgan fingerprint density at radius 2 is 0.925 bits per heavy atom. The lowest BCUT2D eigenvalue weighted by Crippen LogP contribution is -2.34. The van der Waals surface area contributed by atoms with Crippen molar-refractivity contribution >= 4 is 34.4 Å². The van der Waals surface area contributed by atoms with Crippen molar-refractivity contribution in [2.45, 2.75) is 13.1 Å². The Morgan fingerprint density at radius 3 is 1.38 bits per heavy atom. The molecule has 7 rings (SSSR count). The van der Waals surface area contributed by atoms with E-state index < -0.39 is 7.14 Å². The summed E-state index contributed by atoms with van der Waals surface area (Å²) < 4.78 is 27.6. The van der Waals surface area contributed by atoms with E-state index in [1.807, 2.05) is 91.0 Å². The van der Waals surface area contributed by atoms with Crippen LogP contribution in [0.4, 0.5) is 11.4 Å². The third-order valence-electron chi connectivity index (χ3n) is 7.65. The van der Waals surface area contributed by atoms with Crippen molar-refractivity contribution in [2.24, 2.45) is 0 Å². The minimum absolute atomic E-state index is 0.482. The first-order valence-corrected chi connectivity index (χ1v) is 15.2. The third kappa shape index (κ3) is 4.43. The average Bonchev–Trinajstić information content (AvgIpc) is 3.04. The first-order valence-electron chi connectivity index (χ1n) is 13.5. The first-order chi connectivity index (χ1) is 19.7. The topological polar surface area (TPSA) is 42.0 Å². The molecule has 5 aromatic rings. The van der Waals surface area contributed by atoms with Crippen molar-refractivity contribution in [3.05, 3.63) is 139 Å². The van der Waals surface area contributed by atoms with Gasteiger partial charge in [0.1, 0.15) is 11.5 Å². The number of nitrogens with zero attached hydrogens (tertiary/aromatic N) is 2. The van der Waals surface area contributed by atoms with Gasteiger partial charge in [0.25, 0.3) is 0 Å². The SMILES string of the molecule is O=P(c1ccccc1)(c1ccc2c(c1)CN(c1ccccc1)CO2)c1ccc2c(c1)CN(c1ccccc1)CO2. The Morgan fingerprint density at radius 1 is 0.500 bits per heavy atom. The molecule has 5 aromatic carbocycles. The van der Waals surface area contributed by atoms with Gasteiger partial charge in [0.2, 0.25) is 0 Å². The number of benzene rings is 5. The lowest BCUT2D eigenvalue weighted by Gasteiger charge is -2.32. The standard InChI is InChI=1S/C34H29N2O3P/c37-40(30-14-8-3-9-15-30,31-16-18-33-26(20-31)22-35(24-38-33)28-10-4-1-5-11-28)32-17-19-34-27(21-32)23-36(25-39-34)29-12-6-2-7-13-29/h1-21H,22-25H2. The van der Waals surface area contributed by atoms with Crippen LogP contribution in [-0.4, -0.2) is 13.5 Å². The fourth-order valence-electron chi connectivity index (χ4n) is 5.54. The molecule has 5 nitrogen and oxygen atoms in total. The largest absolute Gasteiger partial charge is 0.473 e. The van der Waals surface area contributed by atoms with E-state index in [-0.39, 0.29) is 0 Å². The second-order valence-electron chi connectivity index (χ2n) is 10.1. The Kier molecular flexibility index (Phi) is 6.30. The molecule has 0 saturated heterocycles. The summed E-state index contributed by atoms with van der Waals surface area (Å²) in [6.07, 6.45) is 0. The summed E-state index contributed by atoms with van der Waals surface area (Å²) >= 11 is 0. The monoisotopic (exact) mass is 544 g/mol. The predicted molar refractivity (Wildman–Crippen MR) is 162 cm³/mol. The summed E-state index contributed by atoms with van der Waals surface area (Å²) in [6, 6.07) is 42.3. The van der Waals surface area contributed by atoms with Crippen molar-refractivity contribution in [3.8, 4) is 11.5 Å². The molecule has 0 radical (unpaired) electrons. The zero-order valence-electron chi connectivity index (χ0n) is 22.0. The molecule has 2 heterocycles. The van der Waals surface area contributed by atoms with Gasteiger partial charge in [-0.3, -0.25) is 0 Å². The molecule has 0 N–H and O–H groups in total. The quantitative estimate of drug-likeness (QED) is 0.253. The summed E-state index contributed by atoms with van der Waals surface area (Å²) in [5.41, 5.74) is 4.26. The maximum Gasteiger partial charge on any atom is 0.171 e. The zero-order valence-corrected chi connectivity index (χ0v) is 22.9. The molecule has 0 bridgehead atoms. The van der Waals surface area contributed by atoms with Crippen molar-refractivity contribution < 1.29 is 14.0 Å². The Bertz CT molecular complexity index is 1590. The van der Waals surface area contributed by atoms with Gasteiger partial charge in [-0.2, -0.15) is 0 Å². The molecular weight excluding hydrogens is 515 g/mol. The molecule has 0 aliphatic carbocycles. The highest BCUT2D eigenvalue weighted by atomic mass is 31.2. The van der Waals surface area contributed by atoms with Gasteiger partial charge in [0.15, 0.2) is 20.6 Å². The molecule has 0 unspecified atom stereocenters. The van der Waals surface area contributed by atoms with Gasteiger partial charge < -0.3 is 23.8 Å². The number of ether oxygens (including phenoxy) is 2. The van der Waals surface area contributed by atoms with Crippen LogP contribution in [0.3, 0.4) is 0 Å². The van der Waals surface area contributed by atoms with E-state index in [0.717, 1.165) is 49.9 Å². The summed E-state index contributed by atoms with van der Waals surface area (Å²) in [5.74, 6) is 1.68. The molecule has 0 aromatic heterocycles. The Labute approximate surface area is 234 Å². The summed E-state index contributed by atoms with van der Waals surface area (Å²) in [6.45, 7) is 2.34. The Balaban J connectivity index is 1.29. The van der Waals surface area contributed by atoms with Gasteiger partial charge in [-0.05, 0) is 60.7 Å². The minimum atomic E-state index is -3.20. The second kappa shape index (κ2) is 10.3. The van der Waals surface area contributed by atoms with E-state index in [1.54, 1.807) is 0 Å². The van der Waals surface area contributed by atoms with E-state index in [9.17, 15) is 0 Å². The average molecular weight is 545 g/mol. The summed E-state index contributed by atoms with van der Waals surface area (Å²) in [4.78, 5) is 4.38. The summed E-state index contributed by atoms with van der Waals surface area (Å²) in [5, 5.41) is 2.41. The zero-order chi connectivity index (χ0) is 26.9. The van der Waals surface area contributed by atoms with Gasteiger partial charge >= 0.3 is 0 Å². The van der Waals surface area contributed by atoms with Crippen LogP contribution >= 0.6 is 7.14 Å². The van der Waals surface area contributed by atoms with Crippen LogP contribution in [-0.2, 0) is 17.7 Å². The number of anilines is 2. The van der Waals surface area contributed by atoms with Crippen LogP contribution in [0.25, 0.3) is 0 Å². The normalized spacial score (nSPS) is 14.5. The van der Waals surface area contributed by atoms with Gasteiger partial charge in [-0.25, -0.2) is 0 Å². The van der Waals surface area contributed by atoms with Gasteiger partial charge in [0.05, 0.1) is 0 Å². The lowest BCUT2D eigenvalue weighted by atomic mass is 10.1. The van der Waals surface area contributed by atoms with Crippen LogP contribution in [0, 0.1) is 0 Å². The van der Waals surface area contributed by atoms with Gasteiger partial charge in [-0.15, -0.1) is 0 Å². The van der Waals surface area contributed by atoms with Crippen LogP contribution in [0.5, 0.6) is 11.5 Å². The lowest BCUT2D eigenvalue weighted by molar-refractivity contribution is 0.289. The summed E-state index contributed by atoms with van der Waals surface area (Å²) in [7, 11) is -3.20. The highest BCUT2D eigenvalue weighted by Crippen LogP contribution is 2.45. The molecular formula is C34H29N2O3P. The van der Waals surface area contributed by atoms with Gasteiger partial charge in [0, 0.05) is 51.5 Å². The maximum atomic E-state index is 15.4. The molecule has 40 heavy (non-hydrogen) atoms. The van der Waals surface area contributed by atoms with Crippen LogP contribution in [0.1, 0.15) is 11.1 Å². The second-order valence-corrected chi connectivity index (χ2v) is 12.9. The molecule has 2 aliphatic rings. The van der Waals surface area contributed by atoms with Crippen LogP contribution in [0.2, 0.25) is 0 Å². The molecule has 0 saturated carbocycles. The number of fused-ring (bicyclic) bond motifs is 2. The highest BCUT2D eigenvalue weighted by Gasteiger charge is 2.33. The fraction of sp³-hybridized carbons (Fsp3) is 0.118. The fourth-order valence-corrected chi connectivity index (χ4v) is 8.27. The minimum Gasteiger partial charge on any atom is -0.473 e. The molecule has 0 fully saturated rings. The van der Waals surface area contributed by atoms with E-state index in [1.165, 1.54) is 0 Å². The number of rotatable bonds is 5. The van der Waals surface area contributed by atoms with E-state index in [0.29, 0.717) is 26.6 Å². The Hall–Kier alpha value is -4.47.